The predicted molar refractivity (Wildman–Crippen MR) is 102 cm³/mol. The molecule has 0 radical (unpaired) electrons. The maximum absolute atomic E-state index is 13.2. The van der Waals surface area contributed by atoms with Crippen molar-refractivity contribution in [2.75, 3.05) is 0 Å². The molecule has 0 aliphatic carbocycles. The Balaban J connectivity index is 1.83. The third kappa shape index (κ3) is 3.17. The molecular formula is C20H17N3O3S. The van der Waals surface area contributed by atoms with Crippen molar-refractivity contribution in [1.29, 1.82) is 0 Å². The molecule has 0 fully saturated rings. The number of pyridine rings is 1. The Bertz CT molecular complexity index is 1080. The van der Waals surface area contributed by atoms with Crippen LogP contribution in [0.3, 0.4) is 0 Å². The van der Waals surface area contributed by atoms with Crippen LogP contribution < -0.4 is 0 Å². The minimum atomic E-state index is -3.87. The fourth-order valence-corrected chi connectivity index (χ4v) is 4.58. The Hall–Kier alpha value is -3.19. The van der Waals surface area contributed by atoms with Crippen LogP contribution in [0.1, 0.15) is 23.6 Å². The minimum absolute atomic E-state index is 0.0435. The van der Waals surface area contributed by atoms with Gasteiger partial charge in [-0.05, 0) is 30.3 Å². The van der Waals surface area contributed by atoms with Crippen LogP contribution >= 0.6 is 0 Å². The topological polar surface area (TPSA) is 82.9 Å². The van der Waals surface area contributed by atoms with E-state index in [0.717, 1.165) is 9.98 Å². The Morgan fingerprint density at radius 3 is 2.30 bits per heavy atom. The fourth-order valence-electron chi connectivity index (χ4n) is 3.13. The van der Waals surface area contributed by atoms with E-state index in [9.17, 15) is 13.5 Å². The number of para-hydroxylation sites is 1. The second-order valence-corrected chi connectivity index (χ2v) is 7.95. The number of aromatic hydroxyl groups is 1. The number of hydrogen-bond donors (Lipinski definition) is 1. The normalized spacial score (nSPS) is 17.0. The first-order valence-electron chi connectivity index (χ1n) is 8.42. The maximum Gasteiger partial charge on any atom is 0.279 e. The van der Waals surface area contributed by atoms with Gasteiger partial charge in [0.1, 0.15) is 5.75 Å². The van der Waals surface area contributed by atoms with Crippen LogP contribution in [-0.2, 0) is 10.0 Å². The van der Waals surface area contributed by atoms with Crippen molar-refractivity contribution in [2.45, 2.75) is 17.4 Å². The summed E-state index contributed by atoms with van der Waals surface area (Å²) in [4.78, 5) is 4.15. The molecule has 4 rings (SSSR count). The molecule has 2 aromatic carbocycles. The third-order valence-corrected chi connectivity index (χ3v) is 6.17. The predicted octanol–water partition coefficient (Wildman–Crippen LogP) is 3.33. The first-order chi connectivity index (χ1) is 13.1. The Morgan fingerprint density at radius 1 is 0.926 bits per heavy atom. The Kier molecular flexibility index (Phi) is 4.37. The Labute approximate surface area is 157 Å². The van der Waals surface area contributed by atoms with E-state index in [1.807, 2.05) is 0 Å². The smallest absolute Gasteiger partial charge is 0.279 e. The van der Waals surface area contributed by atoms with E-state index in [-0.39, 0.29) is 10.6 Å². The van der Waals surface area contributed by atoms with Gasteiger partial charge in [0.15, 0.2) is 0 Å². The molecule has 0 spiro atoms. The average molecular weight is 379 g/mol. The van der Waals surface area contributed by atoms with E-state index in [2.05, 4.69) is 10.1 Å². The molecule has 1 aliphatic rings. The summed E-state index contributed by atoms with van der Waals surface area (Å²) < 4.78 is 27.6. The maximum atomic E-state index is 13.2. The molecular weight excluding hydrogens is 362 g/mol. The summed E-state index contributed by atoms with van der Waals surface area (Å²) in [7, 11) is -3.87. The third-order valence-electron chi connectivity index (χ3n) is 4.47. The molecule has 1 atom stereocenters. The molecule has 1 N–H and O–H groups in total. The number of nitrogens with zero attached hydrogens (tertiary/aromatic N) is 3. The zero-order valence-electron chi connectivity index (χ0n) is 14.3. The molecule has 27 heavy (non-hydrogen) atoms. The molecule has 0 saturated carbocycles. The molecule has 136 valence electrons. The summed E-state index contributed by atoms with van der Waals surface area (Å²) in [5, 5.41) is 14.7. The molecule has 1 aromatic heterocycles. The number of rotatable bonds is 4. The number of hydrogen-bond acceptors (Lipinski definition) is 5. The highest BCUT2D eigenvalue weighted by atomic mass is 32.2. The number of phenolic OH excluding ortho intramolecular Hbond substituents is 1. The number of phenols is 1. The summed E-state index contributed by atoms with van der Waals surface area (Å²) in [6, 6.07) is 17.9. The molecule has 1 unspecified atom stereocenters. The lowest BCUT2D eigenvalue weighted by atomic mass is 9.99. The van der Waals surface area contributed by atoms with Crippen LogP contribution in [0.5, 0.6) is 5.75 Å². The lowest BCUT2D eigenvalue weighted by Gasteiger charge is -2.24. The number of hydrazone groups is 1. The second-order valence-electron chi connectivity index (χ2n) is 6.15. The first-order valence-corrected chi connectivity index (χ1v) is 9.86. The number of benzene rings is 2. The van der Waals surface area contributed by atoms with Gasteiger partial charge < -0.3 is 5.11 Å². The van der Waals surface area contributed by atoms with Gasteiger partial charge in [-0.1, -0.05) is 36.4 Å². The Morgan fingerprint density at radius 2 is 1.59 bits per heavy atom. The van der Waals surface area contributed by atoms with Crippen molar-refractivity contribution < 1.29 is 13.5 Å². The van der Waals surface area contributed by atoms with Crippen molar-refractivity contribution in [2.24, 2.45) is 5.10 Å². The van der Waals surface area contributed by atoms with Crippen molar-refractivity contribution in [3.8, 4) is 5.75 Å². The van der Waals surface area contributed by atoms with E-state index in [4.69, 9.17) is 0 Å². The van der Waals surface area contributed by atoms with Gasteiger partial charge in [0, 0.05) is 29.9 Å². The minimum Gasteiger partial charge on any atom is -0.508 e. The van der Waals surface area contributed by atoms with Crippen LogP contribution in [0.15, 0.2) is 89.1 Å². The SMILES string of the molecule is O=S(=O)(c1ccccc1)N1N=C(c2ccncc2)CC1c1ccccc1O. The molecule has 0 saturated heterocycles. The lowest BCUT2D eigenvalue weighted by Crippen LogP contribution is -2.27. The van der Waals surface area contributed by atoms with Crippen LogP contribution in [0.25, 0.3) is 0 Å². The van der Waals surface area contributed by atoms with Gasteiger partial charge in [0.25, 0.3) is 10.0 Å². The molecule has 6 nitrogen and oxygen atoms in total. The summed E-state index contributed by atoms with van der Waals surface area (Å²) in [5.41, 5.74) is 1.95. The molecule has 2 heterocycles. The monoisotopic (exact) mass is 379 g/mol. The molecule has 0 bridgehead atoms. The van der Waals surface area contributed by atoms with Crippen LogP contribution in [0, 0.1) is 0 Å². The fraction of sp³-hybridized carbons (Fsp3) is 0.100. The van der Waals surface area contributed by atoms with Crippen molar-refractivity contribution >= 4 is 15.7 Å². The summed E-state index contributed by atoms with van der Waals surface area (Å²) in [6.07, 6.45) is 3.63. The summed E-state index contributed by atoms with van der Waals surface area (Å²) >= 11 is 0. The number of aromatic nitrogens is 1. The summed E-state index contributed by atoms with van der Waals surface area (Å²) in [5.74, 6) is 0.0435. The van der Waals surface area contributed by atoms with Crippen molar-refractivity contribution in [3.63, 3.8) is 0 Å². The molecule has 3 aromatic rings. The van der Waals surface area contributed by atoms with Crippen LogP contribution in [-0.4, -0.2) is 28.6 Å². The van der Waals surface area contributed by atoms with Crippen molar-refractivity contribution in [3.05, 3.63) is 90.3 Å². The molecule has 1 aliphatic heterocycles. The van der Waals surface area contributed by atoms with Gasteiger partial charge in [-0.15, -0.1) is 0 Å². The number of sulfonamides is 1. The van der Waals surface area contributed by atoms with E-state index in [1.54, 1.807) is 67.0 Å². The van der Waals surface area contributed by atoms with Gasteiger partial charge >= 0.3 is 0 Å². The highest BCUT2D eigenvalue weighted by molar-refractivity contribution is 7.89. The molecule has 7 heteroatoms. The summed E-state index contributed by atoms with van der Waals surface area (Å²) in [6.45, 7) is 0. The zero-order chi connectivity index (χ0) is 18.9. The van der Waals surface area contributed by atoms with E-state index in [0.29, 0.717) is 17.7 Å². The van der Waals surface area contributed by atoms with Gasteiger partial charge in [0.2, 0.25) is 0 Å². The van der Waals surface area contributed by atoms with Crippen LogP contribution in [0.2, 0.25) is 0 Å². The average Bonchev–Trinajstić information content (AvgIpc) is 3.16. The van der Waals surface area contributed by atoms with E-state index < -0.39 is 16.1 Å². The molecule has 0 amide bonds. The standard InChI is InChI=1S/C20H17N3O3S/c24-20-9-5-4-8-17(20)19-14-18(15-10-12-21-13-11-15)22-23(19)27(25,26)16-6-2-1-3-7-16/h1-13,19,24H,14H2. The highest BCUT2D eigenvalue weighted by Crippen LogP contribution is 2.40. The van der Waals surface area contributed by atoms with Gasteiger partial charge in [-0.25, -0.2) is 0 Å². The lowest BCUT2D eigenvalue weighted by molar-refractivity contribution is 0.358. The van der Waals surface area contributed by atoms with Gasteiger partial charge in [-0.3, -0.25) is 4.98 Å². The van der Waals surface area contributed by atoms with Crippen molar-refractivity contribution in [1.82, 2.24) is 9.40 Å². The first kappa shape index (κ1) is 17.2. The second kappa shape index (κ2) is 6.85. The quantitative estimate of drug-likeness (QED) is 0.754. The van der Waals surface area contributed by atoms with Crippen LogP contribution in [0.4, 0.5) is 0 Å². The zero-order valence-corrected chi connectivity index (χ0v) is 15.1. The van der Waals surface area contributed by atoms with Gasteiger partial charge in [0.05, 0.1) is 16.6 Å². The van der Waals surface area contributed by atoms with Gasteiger partial charge in [-0.2, -0.15) is 17.9 Å². The largest absolute Gasteiger partial charge is 0.508 e. The highest BCUT2D eigenvalue weighted by Gasteiger charge is 2.38. The van der Waals surface area contributed by atoms with E-state index >= 15 is 0 Å². The van der Waals surface area contributed by atoms with E-state index in [1.165, 1.54) is 12.1 Å².